The van der Waals surface area contributed by atoms with Crippen molar-refractivity contribution >= 4 is 29.3 Å². The van der Waals surface area contributed by atoms with Gasteiger partial charge in [0.15, 0.2) is 0 Å². The lowest BCUT2D eigenvalue weighted by atomic mass is 10.2. The third-order valence-electron chi connectivity index (χ3n) is 3.28. The van der Waals surface area contributed by atoms with Crippen LogP contribution >= 0.6 is 11.6 Å². The summed E-state index contributed by atoms with van der Waals surface area (Å²) in [4.78, 5) is 11.9. The zero-order valence-electron chi connectivity index (χ0n) is 12.8. The first-order chi connectivity index (χ1) is 10.6. The standard InChI is InChI=1S/C17H20ClN3O/c1-3-4-12-21-17(18)15(13(2)20-21)10-11-16(22)19-14-8-6-5-7-9-14/h5-11H,3-4,12H2,1-2H3,(H,19,22)/b11-10+. The molecular formula is C17H20ClN3O. The van der Waals surface area contributed by atoms with E-state index in [-0.39, 0.29) is 5.91 Å². The van der Waals surface area contributed by atoms with Crippen molar-refractivity contribution in [1.29, 1.82) is 0 Å². The average molecular weight is 318 g/mol. The maximum Gasteiger partial charge on any atom is 0.248 e. The van der Waals surface area contributed by atoms with Gasteiger partial charge in [-0.2, -0.15) is 5.10 Å². The number of unbranched alkanes of at least 4 members (excludes halogenated alkanes) is 1. The zero-order valence-corrected chi connectivity index (χ0v) is 13.6. The van der Waals surface area contributed by atoms with Crippen LogP contribution < -0.4 is 5.32 Å². The van der Waals surface area contributed by atoms with E-state index in [2.05, 4.69) is 17.3 Å². The van der Waals surface area contributed by atoms with Crippen LogP contribution in [0, 0.1) is 6.92 Å². The number of anilines is 1. The van der Waals surface area contributed by atoms with Crippen molar-refractivity contribution in [3.05, 3.63) is 52.8 Å². The molecule has 1 aromatic carbocycles. The predicted molar refractivity (Wildman–Crippen MR) is 91.0 cm³/mol. The number of carbonyl (C=O) groups excluding carboxylic acids is 1. The number of nitrogens with one attached hydrogen (secondary N) is 1. The van der Waals surface area contributed by atoms with Crippen molar-refractivity contribution in [2.24, 2.45) is 0 Å². The molecule has 22 heavy (non-hydrogen) atoms. The van der Waals surface area contributed by atoms with Gasteiger partial charge in [0.2, 0.25) is 5.91 Å². The maximum atomic E-state index is 11.9. The molecule has 5 heteroatoms. The van der Waals surface area contributed by atoms with Crippen LogP contribution in [0.4, 0.5) is 5.69 Å². The van der Waals surface area contributed by atoms with Gasteiger partial charge in [0, 0.05) is 23.9 Å². The number of aryl methyl sites for hydroxylation is 2. The van der Waals surface area contributed by atoms with E-state index in [1.54, 1.807) is 10.8 Å². The topological polar surface area (TPSA) is 46.9 Å². The van der Waals surface area contributed by atoms with Gasteiger partial charge < -0.3 is 5.32 Å². The molecule has 1 aromatic heterocycles. The molecule has 116 valence electrons. The van der Waals surface area contributed by atoms with Gasteiger partial charge in [0.25, 0.3) is 0 Å². The van der Waals surface area contributed by atoms with Gasteiger partial charge in [0.1, 0.15) is 5.15 Å². The van der Waals surface area contributed by atoms with Crippen molar-refractivity contribution in [2.45, 2.75) is 33.2 Å². The molecule has 2 rings (SSSR count). The fourth-order valence-corrected chi connectivity index (χ4v) is 2.40. The number of hydrogen-bond donors (Lipinski definition) is 1. The lowest BCUT2D eigenvalue weighted by molar-refractivity contribution is -0.111. The molecule has 0 saturated heterocycles. The molecule has 0 atom stereocenters. The molecule has 0 aliphatic carbocycles. The van der Waals surface area contributed by atoms with Crippen LogP contribution in [-0.4, -0.2) is 15.7 Å². The fourth-order valence-electron chi connectivity index (χ4n) is 2.08. The number of carbonyl (C=O) groups is 1. The first-order valence-electron chi connectivity index (χ1n) is 7.39. The van der Waals surface area contributed by atoms with E-state index in [0.717, 1.165) is 36.3 Å². The number of halogens is 1. The molecule has 4 nitrogen and oxygen atoms in total. The Balaban J connectivity index is 2.06. The Bertz CT molecular complexity index is 662. The summed E-state index contributed by atoms with van der Waals surface area (Å²) >= 11 is 6.33. The number of para-hydroxylation sites is 1. The highest BCUT2D eigenvalue weighted by atomic mass is 35.5. The predicted octanol–water partition coefficient (Wildman–Crippen LogP) is 4.30. The van der Waals surface area contributed by atoms with Crippen molar-refractivity contribution in [3.8, 4) is 0 Å². The van der Waals surface area contributed by atoms with E-state index >= 15 is 0 Å². The molecule has 0 fully saturated rings. The minimum absolute atomic E-state index is 0.192. The molecular weight excluding hydrogens is 298 g/mol. The summed E-state index contributed by atoms with van der Waals surface area (Å²) in [6, 6.07) is 9.33. The van der Waals surface area contributed by atoms with Gasteiger partial charge in [-0.1, -0.05) is 43.1 Å². The van der Waals surface area contributed by atoms with E-state index < -0.39 is 0 Å². The maximum absolute atomic E-state index is 11.9. The molecule has 0 aliphatic rings. The first-order valence-corrected chi connectivity index (χ1v) is 7.76. The first kappa shape index (κ1) is 16.3. The second-order valence-electron chi connectivity index (χ2n) is 5.06. The quantitative estimate of drug-likeness (QED) is 0.808. The highest BCUT2D eigenvalue weighted by molar-refractivity contribution is 6.31. The van der Waals surface area contributed by atoms with E-state index in [1.807, 2.05) is 37.3 Å². The number of benzene rings is 1. The van der Waals surface area contributed by atoms with E-state index in [9.17, 15) is 4.79 Å². The summed E-state index contributed by atoms with van der Waals surface area (Å²) < 4.78 is 1.79. The highest BCUT2D eigenvalue weighted by Gasteiger charge is 2.10. The van der Waals surface area contributed by atoms with E-state index in [1.165, 1.54) is 6.08 Å². The largest absolute Gasteiger partial charge is 0.323 e. The minimum Gasteiger partial charge on any atom is -0.323 e. The third kappa shape index (κ3) is 4.21. The molecule has 0 bridgehead atoms. The van der Waals surface area contributed by atoms with Crippen molar-refractivity contribution in [3.63, 3.8) is 0 Å². The van der Waals surface area contributed by atoms with Crippen LogP contribution in [-0.2, 0) is 11.3 Å². The number of rotatable bonds is 6. The van der Waals surface area contributed by atoms with Gasteiger partial charge in [-0.25, -0.2) is 0 Å². The third-order valence-corrected chi connectivity index (χ3v) is 3.67. The van der Waals surface area contributed by atoms with Crippen LogP contribution in [0.2, 0.25) is 5.15 Å². The molecule has 1 heterocycles. The Labute approximate surface area is 135 Å². The van der Waals surface area contributed by atoms with Crippen molar-refractivity contribution < 1.29 is 4.79 Å². The van der Waals surface area contributed by atoms with Crippen LogP contribution in [0.5, 0.6) is 0 Å². The molecule has 0 saturated carbocycles. The fraction of sp³-hybridized carbons (Fsp3) is 0.294. The molecule has 0 aliphatic heterocycles. The summed E-state index contributed by atoms with van der Waals surface area (Å²) in [6.45, 7) is 4.81. The summed E-state index contributed by atoms with van der Waals surface area (Å²) in [7, 11) is 0. The zero-order chi connectivity index (χ0) is 15.9. The van der Waals surface area contributed by atoms with Crippen molar-refractivity contribution in [2.75, 3.05) is 5.32 Å². The molecule has 2 aromatic rings. The Kier molecular flexibility index (Phi) is 5.78. The van der Waals surface area contributed by atoms with Gasteiger partial charge >= 0.3 is 0 Å². The summed E-state index contributed by atoms with van der Waals surface area (Å²) in [5, 5.41) is 7.79. The Morgan fingerprint density at radius 2 is 2.09 bits per heavy atom. The summed E-state index contributed by atoms with van der Waals surface area (Å²) in [6.07, 6.45) is 5.30. The van der Waals surface area contributed by atoms with Crippen LogP contribution in [0.3, 0.4) is 0 Å². The molecule has 1 N–H and O–H groups in total. The molecule has 1 amide bonds. The molecule has 0 spiro atoms. The number of aromatic nitrogens is 2. The normalized spacial score (nSPS) is 11.0. The minimum atomic E-state index is -0.192. The lowest BCUT2D eigenvalue weighted by Gasteiger charge is -2.01. The molecule has 0 unspecified atom stereocenters. The Hall–Kier alpha value is -2.07. The van der Waals surface area contributed by atoms with Crippen LogP contribution in [0.1, 0.15) is 31.0 Å². The Morgan fingerprint density at radius 3 is 2.77 bits per heavy atom. The molecule has 0 radical (unpaired) electrons. The van der Waals surface area contributed by atoms with Crippen LogP contribution in [0.15, 0.2) is 36.4 Å². The van der Waals surface area contributed by atoms with E-state index in [0.29, 0.717) is 5.15 Å². The van der Waals surface area contributed by atoms with Gasteiger partial charge in [-0.3, -0.25) is 9.48 Å². The summed E-state index contributed by atoms with van der Waals surface area (Å²) in [5.41, 5.74) is 2.38. The highest BCUT2D eigenvalue weighted by Crippen LogP contribution is 2.21. The SMILES string of the molecule is CCCCn1nc(C)c(/C=C/C(=O)Nc2ccccc2)c1Cl. The van der Waals surface area contributed by atoms with Gasteiger partial charge in [-0.05, 0) is 31.6 Å². The number of nitrogens with zero attached hydrogens (tertiary/aromatic N) is 2. The van der Waals surface area contributed by atoms with Crippen molar-refractivity contribution in [1.82, 2.24) is 9.78 Å². The Morgan fingerprint density at radius 1 is 1.36 bits per heavy atom. The average Bonchev–Trinajstić information content (AvgIpc) is 2.78. The monoisotopic (exact) mass is 317 g/mol. The summed E-state index contributed by atoms with van der Waals surface area (Å²) in [5.74, 6) is -0.192. The lowest BCUT2D eigenvalue weighted by Crippen LogP contribution is -2.07. The smallest absolute Gasteiger partial charge is 0.248 e. The second-order valence-corrected chi connectivity index (χ2v) is 5.41. The number of amides is 1. The van der Waals surface area contributed by atoms with Crippen LogP contribution in [0.25, 0.3) is 6.08 Å². The van der Waals surface area contributed by atoms with Gasteiger partial charge in [-0.15, -0.1) is 0 Å². The second kappa shape index (κ2) is 7.80. The van der Waals surface area contributed by atoms with Gasteiger partial charge in [0.05, 0.1) is 5.69 Å². The van der Waals surface area contributed by atoms with E-state index in [4.69, 9.17) is 11.6 Å². The number of hydrogen-bond acceptors (Lipinski definition) is 2.